The van der Waals surface area contributed by atoms with Gasteiger partial charge in [-0.1, -0.05) is 6.07 Å². The van der Waals surface area contributed by atoms with Crippen LogP contribution in [0.5, 0.6) is 0 Å². The van der Waals surface area contributed by atoms with Crippen molar-refractivity contribution in [2.75, 3.05) is 5.73 Å². The zero-order chi connectivity index (χ0) is 11.5. The van der Waals surface area contributed by atoms with Crippen molar-refractivity contribution in [3.63, 3.8) is 0 Å². The Morgan fingerprint density at radius 1 is 1.38 bits per heavy atom. The molecule has 0 aliphatic carbocycles. The van der Waals surface area contributed by atoms with Crippen molar-refractivity contribution < 1.29 is 0 Å². The minimum Gasteiger partial charge on any atom is -0.398 e. The zero-order valence-corrected chi connectivity index (χ0v) is 11.0. The summed E-state index contributed by atoms with van der Waals surface area (Å²) in [6, 6.07) is 6.06. The molecule has 84 valence electrons. The van der Waals surface area contributed by atoms with E-state index in [1.807, 2.05) is 37.0 Å². The van der Waals surface area contributed by atoms with Gasteiger partial charge in [0.1, 0.15) is 0 Å². The third-order valence-electron chi connectivity index (χ3n) is 2.37. The fraction of sp³-hybridized carbons (Fsp3) is 0.250. The van der Waals surface area contributed by atoms with E-state index in [0.29, 0.717) is 0 Å². The van der Waals surface area contributed by atoms with Gasteiger partial charge in [0.25, 0.3) is 0 Å². The highest BCUT2D eigenvalue weighted by Crippen LogP contribution is 2.30. The van der Waals surface area contributed by atoms with E-state index in [4.69, 9.17) is 5.73 Å². The maximum Gasteiger partial charge on any atom is 0.0897 e. The molecule has 0 atom stereocenters. The number of rotatable bonds is 3. The lowest BCUT2D eigenvalue weighted by Gasteiger charge is -2.06. The number of thioether (sulfide) groups is 1. The molecule has 1 heterocycles. The topological polar surface area (TPSA) is 38.9 Å². The molecule has 0 saturated carbocycles. The van der Waals surface area contributed by atoms with Crippen LogP contribution < -0.4 is 5.73 Å². The Morgan fingerprint density at radius 3 is 2.88 bits per heavy atom. The molecule has 0 unspecified atom stereocenters. The molecule has 2 aromatic rings. The number of thiazole rings is 1. The quantitative estimate of drug-likeness (QED) is 0.668. The first kappa shape index (κ1) is 11.5. The Morgan fingerprint density at radius 2 is 2.19 bits per heavy atom. The van der Waals surface area contributed by atoms with Crippen molar-refractivity contribution in [3.05, 3.63) is 39.8 Å². The van der Waals surface area contributed by atoms with Crippen molar-refractivity contribution in [2.24, 2.45) is 0 Å². The third kappa shape index (κ3) is 2.57. The second-order valence-electron chi connectivity index (χ2n) is 3.60. The molecule has 0 bridgehead atoms. The molecular weight excluding hydrogens is 236 g/mol. The second-order valence-corrected chi connectivity index (χ2v) is 5.94. The molecule has 1 aromatic heterocycles. The summed E-state index contributed by atoms with van der Waals surface area (Å²) < 4.78 is 0. The smallest absolute Gasteiger partial charge is 0.0897 e. The summed E-state index contributed by atoms with van der Waals surface area (Å²) in [5.41, 5.74) is 7.91. The molecule has 4 heteroatoms. The average molecular weight is 250 g/mol. The monoisotopic (exact) mass is 250 g/mol. The first-order valence-corrected chi connectivity index (χ1v) is 6.86. The molecule has 16 heavy (non-hydrogen) atoms. The Bertz CT molecular complexity index is 492. The van der Waals surface area contributed by atoms with Crippen molar-refractivity contribution in [1.29, 1.82) is 0 Å². The summed E-state index contributed by atoms with van der Waals surface area (Å²) in [5.74, 6) is 0.968. The van der Waals surface area contributed by atoms with Gasteiger partial charge in [-0.15, -0.1) is 23.1 Å². The number of aryl methyl sites for hydroxylation is 1. The predicted molar refractivity (Wildman–Crippen MR) is 72.0 cm³/mol. The predicted octanol–water partition coefficient (Wildman–Crippen LogP) is 3.63. The van der Waals surface area contributed by atoms with Crippen molar-refractivity contribution in [1.82, 2.24) is 4.98 Å². The summed E-state index contributed by atoms with van der Waals surface area (Å²) in [4.78, 5) is 6.81. The normalized spacial score (nSPS) is 10.6. The molecule has 2 rings (SSSR count). The summed E-state index contributed by atoms with van der Waals surface area (Å²) >= 11 is 3.57. The van der Waals surface area contributed by atoms with Crippen LogP contribution in [-0.2, 0) is 5.75 Å². The largest absolute Gasteiger partial charge is 0.398 e. The number of aromatic nitrogens is 1. The van der Waals surface area contributed by atoms with Crippen LogP contribution >= 0.6 is 23.1 Å². The van der Waals surface area contributed by atoms with Crippen molar-refractivity contribution in [3.8, 4) is 0 Å². The Kier molecular flexibility index (Phi) is 3.51. The molecule has 0 aliphatic rings. The Labute approximate surface area is 104 Å². The fourth-order valence-electron chi connectivity index (χ4n) is 1.41. The summed E-state index contributed by atoms with van der Waals surface area (Å²) in [5, 5.41) is 1.12. The molecular formula is C12H14N2S2. The van der Waals surface area contributed by atoms with Gasteiger partial charge in [-0.2, -0.15) is 0 Å². The molecule has 0 aliphatic heterocycles. The summed E-state index contributed by atoms with van der Waals surface area (Å²) in [6.07, 6.45) is 1.95. The van der Waals surface area contributed by atoms with Crippen LogP contribution in [0.3, 0.4) is 0 Å². The molecule has 0 fully saturated rings. The molecule has 1 aromatic carbocycles. The molecule has 2 nitrogen and oxygen atoms in total. The number of nitrogen functional groups attached to an aromatic ring is 1. The van der Waals surface area contributed by atoms with Gasteiger partial charge in [-0.25, -0.2) is 4.98 Å². The summed E-state index contributed by atoms with van der Waals surface area (Å²) in [7, 11) is 0. The van der Waals surface area contributed by atoms with E-state index in [9.17, 15) is 0 Å². The van der Waals surface area contributed by atoms with Crippen LogP contribution in [0.25, 0.3) is 0 Å². The van der Waals surface area contributed by atoms with Gasteiger partial charge in [-0.05, 0) is 31.5 Å². The number of hydrogen-bond acceptors (Lipinski definition) is 4. The van der Waals surface area contributed by atoms with E-state index < -0.39 is 0 Å². The highest BCUT2D eigenvalue weighted by Gasteiger charge is 2.04. The maximum atomic E-state index is 5.87. The van der Waals surface area contributed by atoms with E-state index in [2.05, 4.69) is 18.0 Å². The molecule has 0 spiro atoms. The molecule has 0 radical (unpaired) electrons. The molecule has 0 amide bonds. The lowest BCUT2D eigenvalue weighted by Crippen LogP contribution is -1.90. The van der Waals surface area contributed by atoms with Gasteiger partial charge < -0.3 is 5.73 Å². The van der Waals surface area contributed by atoms with Crippen molar-refractivity contribution >= 4 is 28.8 Å². The SMILES string of the molecule is Cc1ncc(CSc2cccc(N)c2C)s1. The first-order chi connectivity index (χ1) is 7.66. The number of nitrogens with zero attached hydrogens (tertiary/aromatic N) is 1. The second kappa shape index (κ2) is 4.89. The van der Waals surface area contributed by atoms with Crippen molar-refractivity contribution in [2.45, 2.75) is 24.5 Å². The lowest BCUT2D eigenvalue weighted by atomic mass is 10.2. The van der Waals surface area contributed by atoms with Crippen LogP contribution in [0.4, 0.5) is 5.69 Å². The van der Waals surface area contributed by atoms with E-state index >= 15 is 0 Å². The van der Waals surface area contributed by atoms with Crippen LogP contribution in [0.2, 0.25) is 0 Å². The average Bonchev–Trinajstić information content (AvgIpc) is 2.67. The van der Waals surface area contributed by atoms with Gasteiger partial charge >= 0.3 is 0 Å². The zero-order valence-electron chi connectivity index (χ0n) is 9.36. The van der Waals surface area contributed by atoms with E-state index in [1.165, 1.54) is 15.3 Å². The van der Waals surface area contributed by atoms with Gasteiger partial charge in [-0.3, -0.25) is 0 Å². The van der Waals surface area contributed by atoms with Crippen LogP contribution in [-0.4, -0.2) is 4.98 Å². The lowest BCUT2D eigenvalue weighted by molar-refractivity contribution is 1.27. The number of anilines is 1. The first-order valence-electron chi connectivity index (χ1n) is 5.06. The highest BCUT2D eigenvalue weighted by atomic mass is 32.2. The van der Waals surface area contributed by atoms with Crippen LogP contribution in [0.1, 0.15) is 15.4 Å². The highest BCUT2D eigenvalue weighted by molar-refractivity contribution is 7.98. The minimum absolute atomic E-state index is 0.866. The van der Waals surface area contributed by atoms with Gasteiger partial charge in [0.05, 0.1) is 5.01 Å². The van der Waals surface area contributed by atoms with Gasteiger partial charge in [0.15, 0.2) is 0 Å². The standard InChI is InChI=1S/C12H14N2S2/c1-8-11(13)4-3-5-12(8)15-7-10-6-14-9(2)16-10/h3-6H,7,13H2,1-2H3. The number of hydrogen-bond donors (Lipinski definition) is 1. The summed E-state index contributed by atoms with van der Waals surface area (Å²) in [6.45, 7) is 4.10. The maximum absolute atomic E-state index is 5.87. The van der Waals surface area contributed by atoms with E-state index in [-0.39, 0.29) is 0 Å². The number of benzene rings is 1. The fourth-order valence-corrected chi connectivity index (χ4v) is 3.29. The Balaban J connectivity index is 2.07. The van der Waals surface area contributed by atoms with Gasteiger partial charge in [0.2, 0.25) is 0 Å². The van der Waals surface area contributed by atoms with E-state index in [0.717, 1.165) is 16.4 Å². The molecule has 2 N–H and O–H groups in total. The van der Waals surface area contributed by atoms with Gasteiger partial charge in [0, 0.05) is 27.4 Å². The van der Waals surface area contributed by atoms with Crippen LogP contribution in [0, 0.1) is 13.8 Å². The number of nitrogens with two attached hydrogens (primary N) is 1. The third-order valence-corrected chi connectivity index (χ3v) is 4.67. The van der Waals surface area contributed by atoms with E-state index in [1.54, 1.807) is 11.3 Å². The Hall–Kier alpha value is -1.00. The van der Waals surface area contributed by atoms with Crippen LogP contribution in [0.15, 0.2) is 29.3 Å². The minimum atomic E-state index is 0.866. The molecule has 0 saturated heterocycles.